The van der Waals surface area contributed by atoms with E-state index >= 15 is 0 Å². The molecule has 1 aliphatic carbocycles. The summed E-state index contributed by atoms with van der Waals surface area (Å²) in [6.07, 6.45) is 3.03. The zero-order valence-electron chi connectivity index (χ0n) is 17.9. The van der Waals surface area contributed by atoms with Crippen LogP contribution in [0.1, 0.15) is 50.4 Å². The fourth-order valence-electron chi connectivity index (χ4n) is 3.88. The number of carbonyl (C=O) groups is 2. The summed E-state index contributed by atoms with van der Waals surface area (Å²) in [6, 6.07) is 6.96. The van der Waals surface area contributed by atoms with Crippen LogP contribution < -0.4 is 5.32 Å². The number of para-hydroxylation sites is 1. The molecule has 30 heavy (non-hydrogen) atoms. The fraction of sp³-hybridized carbons (Fsp3) is 0.571. The number of hydrogen-bond acceptors (Lipinski definition) is 7. The van der Waals surface area contributed by atoms with Crippen LogP contribution in [-0.2, 0) is 16.6 Å². The highest BCUT2D eigenvalue weighted by Gasteiger charge is 2.34. The minimum atomic E-state index is -0.388. The number of rotatable bonds is 7. The van der Waals surface area contributed by atoms with Gasteiger partial charge in [0, 0.05) is 7.05 Å². The molecule has 1 saturated carbocycles. The number of aryl methyl sites for hydroxylation is 1. The Labute approximate surface area is 181 Å². The summed E-state index contributed by atoms with van der Waals surface area (Å²) in [5, 5.41) is 14.5. The van der Waals surface area contributed by atoms with Crippen LogP contribution in [0.25, 0.3) is 0 Å². The summed E-state index contributed by atoms with van der Waals surface area (Å²) in [4.78, 5) is 25.4. The lowest BCUT2D eigenvalue weighted by atomic mass is 9.75. The molecule has 1 fully saturated rings. The number of benzene rings is 1. The number of hydrogen-bond donors (Lipinski definition) is 1. The number of ether oxygens (including phenoxy) is 1. The zero-order chi connectivity index (χ0) is 21.7. The second kappa shape index (κ2) is 10.1. The average Bonchev–Trinajstić information content (AvgIpc) is 3.11. The van der Waals surface area contributed by atoms with Crippen molar-refractivity contribution in [2.75, 3.05) is 11.1 Å². The van der Waals surface area contributed by atoms with Gasteiger partial charge in [-0.25, -0.2) is 9.48 Å². The van der Waals surface area contributed by atoms with Crippen molar-refractivity contribution in [2.45, 2.75) is 51.3 Å². The summed E-state index contributed by atoms with van der Waals surface area (Å²) in [7, 11) is 1.71. The molecular weight excluding hydrogens is 402 g/mol. The van der Waals surface area contributed by atoms with Gasteiger partial charge in [-0.2, -0.15) is 0 Å². The minimum Gasteiger partial charge on any atom is -0.458 e. The normalized spacial score (nSPS) is 21.4. The molecule has 2 aromatic rings. The number of carbonyl (C=O) groups excluding carboxylic acids is 2. The van der Waals surface area contributed by atoms with Gasteiger partial charge >= 0.3 is 5.97 Å². The quantitative estimate of drug-likeness (QED) is 0.528. The van der Waals surface area contributed by atoms with E-state index in [4.69, 9.17) is 4.74 Å². The molecule has 1 N–H and O–H groups in total. The van der Waals surface area contributed by atoms with Gasteiger partial charge in [0.2, 0.25) is 11.1 Å². The van der Waals surface area contributed by atoms with Crippen molar-refractivity contribution in [2.24, 2.45) is 24.8 Å². The van der Waals surface area contributed by atoms with E-state index in [1.165, 1.54) is 22.9 Å². The minimum absolute atomic E-state index is 0.0935. The number of anilines is 1. The van der Waals surface area contributed by atoms with E-state index in [0.717, 1.165) is 12.8 Å². The van der Waals surface area contributed by atoms with Crippen molar-refractivity contribution >= 4 is 29.3 Å². The third-order valence-electron chi connectivity index (χ3n) is 5.55. The number of nitrogens with one attached hydrogen (secondary N) is 1. The topological polar surface area (TPSA) is 99.0 Å². The van der Waals surface area contributed by atoms with Gasteiger partial charge in [-0.3, -0.25) is 4.79 Å². The highest BCUT2D eigenvalue weighted by molar-refractivity contribution is 7.99. The number of nitrogens with zero attached hydrogens (tertiary/aromatic N) is 4. The molecule has 1 aromatic carbocycles. The number of esters is 1. The van der Waals surface area contributed by atoms with Crippen LogP contribution in [0, 0.1) is 17.8 Å². The molecule has 1 aliphatic rings. The molecule has 1 heterocycles. The third-order valence-corrected chi connectivity index (χ3v) is 6.57. The monoisotopic (exact) mass is 431 g/mol. The first kappa shape index (κ1) is 22.3. The fourth-order valence-corrected chi connectivity index (χ4v) is 4.53. The lowest BCUT2D eigenvalue weighted by Gasteiger charge is -2.36. The van der Waals surface area contributed by atoms with Crippen molar-refractivity contribution < 1.29 is 14.3 Å². The van der Waals surface area contributed by atoms with E-state index in [1.54, 1.807) is 31.3 Å². The van der Waals surface area contributed by atoms with Gasteiger partial charge in [-0.15, -0.1) is 5.10 Å². The molecule has 0 radical (unpaired) electrons. The zero-order valence-corrected chi connectivity index (χ0v) is 18.7. The number of amides is 1. The summed E-state index contributed by atoms with van der Waals surface area (Å²) in [5.41, 5.74) is 0.825. The van der Waals surface area contributed by atoms with Crippen LogP contribution in [0.15, 0.2) is 29.4 Å². The second-order valence-corrected chi connectivity index (χ2v) is 9.18. The lowest BCUT2D eigenvalue weighted by molar-refractivity contribution is -0.113. The molecule has 1 aromatic heterocycles. The van der Waals surface area contributed by atoms with E-state index in [9.17, 15) is 9.59 Å². The van der Waals surface area contributed by atoms with Crippen molar-refractivity contribution in [3.8, 4) is 0 Å². The van der Waals surface area contributed by atoms with Gasteiger partial charge in [-0.1, -0.05) is 51.1 Å². The highest BCUT2D eigenvalue weighted by atomic mass is 32.2. The average molecular weight is 432 g/mol. The molecule has 162 valence electrons. The van der Waals surface area contributed by atoms with Crippen LogP contribution >= 0.6 is 11.8 Å². The van der Waals surface area contributed by atoms with Crippen molar-refractivity contribution in [1.82, 2.24) is 20.2 Å². The van der Waals surface area contributed by atoms with E-state index in [2.05, 4.69) is 41.6 Å². The van der Waals surface area contributed by atoms with Crippen molar-refractivity contribution in [3.05, 3.63) is 29.8 Å². The molecule has 3 atom stereocenters. The van der Waals surface area contributed by atoms with Crippen LogP contribution in [-0.4, -0.2) is 43.9 Å². The number of aromatic nitrogens is 4. The Hall–Kier alpha value is -2.42. The smallest absolute Gasteiger partial charge is 0.340 e. The first-order valence-corrected chi connectivity index (χ1v) is 11.3. The predicted molar refractivity (Wildman–Crippen MR) is 115 cm³/mol. The summed E-state index contributed by atoms with van der Waals surface area (Å²) >= 11 is 1.23. The van der Waals surface area contributed by atoms with E-state index < -0.39 is 0 Å². The van der Waals surface area contributed by atoms with Gasteiger partial charge in [0.25, 0.3) is 0 Å². The van der Waals surface area contributed by atoms with Crippen LogP contribution in [0.5, 0.6) is 0 Å². The predicted octanol–water partition coefficient (Wildman–Crippen LogP) is 3.56. The molecule has 8 nitrogen and oxygen atoms in total. The summed E-state index contributed by atoms with van der Waals surface area (Å²) < 4.78 is 7.45. The van der Waals surface area contributed by atoms with Crippen LogP contribution in [0.3, 0.4) is 0 Å². The second-order valence-electron chi connectivity index (χ2n) is 8.24. The first-order chi connectivity index (χ1) is 14.3. The Kier molecular flexibility index (Phi) is 7.47. The van der Waals surface area contributed by atoms with E-state index in [0.29, 0.717) is 34.2 Å². The maximum absolute atomic E-state index is 13.0. The Morgan fingerprint density at radius 3 is 2.77 bits per heavy atom. The van der Waals surface area contributed by atoms with Gasteiger partial charge in [0.15, 0.2) is 0 Å². The Morgan fingerprint density at radius 2 is 2.07 bits per heavy atom. The molecule has 1 amide bonds. The van der Waals surface area contributed by atoms with Crippen molar-refractivity contribution in [3.63, 3.8) is 0 Å². The van der Waals surface area contributed by atoms with E-state index in [1.807, 2.05) is 0 Å². The van der Waals surface area contributed by atoms with Crippen molar-refractivity contribution in [1.29, 1.82) is 0 Å². The van der Waals surface area contributed by atoms with E-state index in [-0.39, 0.29) is 23.7 Å². The maximum Gasteiger partial charge on any atom is 0.340 e. The Balaban J connectivity index is 1.65. The van der Waals surface area contributed by atoms with Gasteiger partial charge in [0.05, 0.1) is 17.0 Å². The molecule has 0 aliphatic heterocycles. The largest absolute Gasteiger partial charge is 0.458 e. The van der Waals surface area contributed by atoms with Gasteiger partial charge < -0.3 is 10.1 Å². The standard InChI is InChI=1S/C21H29N5O3S/c1-13(2)15-10-9-14(3)11-18(15)29-20(28)16-7-5-6-8-17(16)22-19(27)12-30-21-23-24-25-26(21)4/h5-8,13-15,18H,9-12H2,1-4H3,(H,22,27)/t14-,15+,18+/m0/s1. The molecule has 0 bridgehead atoms. The van der Waals surface area contributed by atoms with Gasteiger partial charge in [0.1, 0.15) is 6.10 Å². The highest BCUT2D eigenvalue weighted by Crippen LogP contribution is 2.36. The van der Waals surface area contributed by atoms with Crippen LogP contribution in [0.2, 0.25) is 0 Å². The number of thioether (sulfide) groups is 1. The number of tetrazole rings is 1. The van der Waals surface area contributed by atoms with Gasteiger partial charge in [-0.05, 0) is 53.2 Å². The third kappa shape index (κ3) is 5.59. The molecule has 0 unspecified atom stereocenters. The summed E-state index contributed by atoms with van der Waals surface area (Å²) in [5.74, 6) is 0.864. The van der Waals surface area contributed by atoms with Crippen LogP contribution in [0.4, 0.5) is 5.69 Å². The SMILES string of the molecule is CC(C)[C@H]1CC[C@H](C)C[C@H]1OC(=O)c1ccccc1NC(=O)CSc1nnnn1C. The molecule has 0 spiro atoms. The maximum atomic E-state index is 13.0. The molecule has 9 heteroatoms. The molecule has 3 rings (SSSR count). The Morgan fingerprint density at radius 1 is 1.30 bits per heavy atom. The first-order valence-electron chi connectivity index (χ1n) is 10.3. The summed E-state index contributed by atoms with van der Waals surface area (Å²) in [6.45, 7) is 6.57. The Bertz CT molecular complexity index is 885. The molecule has 0 saturated heterocycles. The molecular formula is C21H29N5O3S. The lowest BCUT2D eigenvalue weighted by Crippen LogP contribution is -2.36.